The minimum atomic E-state index is 0.0488. The molecule has 2 N–H and O–H groups in total. The minimum absolute atomic E-state index is 0.0488. The molecule has 0 fully saturated rings. The molecule has 0 spiro atoms. The van der Waals surface area contributed by atoms with Gasteiger partial charge < -0.3 is 15.2 Å². The van der Waals surface area contributed by atoms with Crippen LogP contribution in [0.15, 0.2) is 0 Å². The molecule has 0 aromatic carbocycles. The Morgan fingerprint density at radius 1 is 1.59 bits per heavy atom. The van der Waals surface area contributed by atoms with Gasteiger partial charge in [-0.25, -0.2) is 0 Å². The molecule has 17 heavy (non-hydrogen) atoms. The summed E-state index contributed by atoms with van der Waals surface area (Å²) in [6, 6.07) is 0.157. The molecule has 0 aliphatic rings. The maximum Gasteiger partial charge on any atom is 0.225 e. The van der Waals surface area contributed by atoms with Crippen molar-refractivity contribution >= 4 is 29.5 Å². The minimum Gasteiger partial charge on any atom is -0.352 e. The van der Waals surface area contributed by atoms with E-state index in [-0.39, 0.29) is 11.9 Å². The van der Waals surface area contributed by atoms with E-state index in [0.717, 1.165) is 21.1 Å². The number of likely N-dealkylation sites (N-methyl/N-ethyl adjacent to an activating group) is 1. The highest BCUT2D eigenvalue weighted by Crippen LogP contribution is 2.14. The Kier molecular flexibility index (Phi) is 5.30. The first-order chi connectivity index (χ1) is 7.88. The Balaban J connectivity index is 2.50. The number of aryl methyl sites for hydroxylation is 1. The van der Waals surface area contributed by atoms with Crippen LogP contribution in [0.4, 0.5) is 0 Å². The van der Waals surface area contributed by atoms with Crippen LogP contribution in [0.1, 0.15) is 17.5 Å². The van der Waals surface area contributed by atoms with Crippen molar-refractivity contribution in [2.75, 3.05) is 20.6 Å². The summed E-state index contributed by atoms with van der Waals surface area (Å²) in [6.07, 6.45) is 0.404. The first-order valence-corrected chi connectivity index (χ1v) is 6.73. The zero-order valence-corrected chi connectivity index (χ0v) is 12.3. The van der Waals surface area contributed by atoms with Gasteiger partial charge in [0.15, 0.2) is 3.95 Å². The predicted octanol–water partition coefficient (Wildman–Crippen LogP) is 1.72. The Hall–Kier alpha value is -0.720. The van der Waals surface area contributed by atoms with Crippen molar-refractivity contribution in [3.05, 3.63) is 14.5 Å². The Bertz CT molecular complexity index is 436. The molecular formula is C11H19N3OS2. The first-order valence-electron chi connectivity index (χ1n) is 5.51. The number of nitrogens with zero attached hydrogens (tertiary/aromatic N) is 1. The number of aromatic amines is 1. The van der Waals surface area contributed by atoms with Crippen LogP contribution in [0.3, 0.4) is 0 Å². The second kappa shape index (κ2) is 6.28. The molecule has 0 aliphatic carbocycles. The molecule has 0 saturated carbocycles. The number of rotatable bonds is 5. The van der Waals surface area contributed by atoms with Gasteiger partial charge in [0.05, 0.1) is 6.42 Å². The van der Waals surface area contributed by atoms with Crippen molar-refractivity contribution in [1.82, 2.24) is 15.2 Å². The summed E-state index contributed by atoms with van der Waals surface area (Å²) in [5.41, 5.74) is 0.996. The van der Waals surface area contributed by atoms with Crippen molar-refractivity contribution in [2.45, 2.75) is 26.3 Å². The fourth-order valence-corrected chi connectivity index (χ4v) is 2.96. The molecule has 0 aliphatic heterocycles. The van der Waals surface area contributed by atoms with Crippen LogP contribution in [0.2, 0.25) is 0 Å². The SMILES string of the molecule is Cc1[nH]c(=S)sc1CC(=O)NC(C)CN(C)C. The normalized spacial score (nSPS) is 12.8. The molecule has 4 nitrogen and oxygen atoms in total. The number of carbonyl (C=O) groups excluding carboxylic acids is 1. The number of amides is 1. The van der Waals surface area contributed by atoms with Crippen LogP contribution in [-0.4, -0.2) is 42.5 Å². The fourth-order valence-electron chi connectivity index (χ4n) is 1.67. The van der Waals surface area contributed by atoms with E-state index in [1.54, 1.807) is 0 Å². The van der Waals surface area contributed by atoms with E-state index in [1.807, 2.05) is 27.9 Å². The third-order valence-corrected chi connectivity index (χ3v) is 3.63. The Morgan fingerprint density at radius 3 is 2.71 bits per heavy atom. The molecule has 1 heterocycles. The second-order valence-corrected chi connectivity index (χ2v) is 6.24. The predicted molar refractivity (Wildman–Crippen MR) is 74.1 cm³/mol. The molecule has 0 saturated heterocycles. The largest absolute Gasteiger partial charge is 0.352 e. The average molecular weight is 273 g/mol. The smallest absolute Gasteiger partial charge is 0.225 e. The summed E-state index contributed by atoms with van der Waals surface area (Å²) in [4.78, 5) is 17.9. The van der Waals surface area contributed by atoms with Gasteiger partial charge in [0.1, 0.15) is 0 Å². The topological polar surface area (TPSA) is 48.1 Å². The number of hydrogen-bond donors (Lipinski definition) is 2. The number of thiazole rings is 1. The molecule has 1 amide bonds. The summed E-state index contributed by atoms with van der Waals surface area (Å²) in [5, 5.41) is 2.97. The lowest BCUT2D eigenvalue weighted by Gasteiger charge is -2.18. The number of nitrogens with one attached hydrogen (secondary N) is 2. The van der Waals surface area contributed by atoms with E-state index in [2.05, 4.69) is 15.2 Å². The van der Waals surface area contributed by atoms with E-state index in [1.165, 1.54) is 11.3 Å². The van der Waals surface area contributed by atoms with Crippen LogP contribution in [-0.2, 0) is 11.2 Å². The van der Waals surface area contributed by atoms with Crippen molar-refractivity contribution in [3.63, 3.8) is 0 Å². The maximum atomic E-state index is 11.8. The molecular weight excluding hydrogens is 254 g/mol. The first kappa shape index (κ1) is 14.3. The van der Waals surface area contributed by atoms with Crippen molar-refractivity contribution in [1.29, 1.82) is 0 Å². The number of carbonyl (C=O) groups is 1. The standard InChI is InChI=1S/C11H19N3OS2/c1-7(6-14(3)4)12-10(15)5-9-8(2)13-11(16)17-9/h7H,5-6H2,1-4H3,(H,12,15)(H,13,16). The van der Waals surface area contributed by atoms with E-state index in [4.69, 9.17) is 12.2 Å². The van der Waals surface area contributed by atoms with Gasteiger partial charge in [-0.3, -0.25) is 4.79 Å². The van der Waals surface area contributed by atoms with E-state index >= 15 is 0 Å². The van der Waals surface area contributed by atoms with Gasteiger partial charge in [-0.1, -0.05) is 0 Å². The summed E-state index contributed by atoms with van der Waals surface area (Å²) >= 11 is 6.51. The molecule has 96 valence electrons. The maximum absolute atomic E-state index is 11.8. The summed E-state index contributed by atoms with van der Waals surface area (Å²) in [7, 11) is 3.98. The zero-order valence-electron chi connectivity index (χ0n) is 10.7. The monoisotopic (exact) mass is 273 g/mol. The summed E-state index contributed by atoms with van der Waals surface area (Å²) < 4.78 is 0.728. The van der Waals surface area contributed by atoms with Crippen LogP contribution in [0.5, 0.6) is 0 Å². The molecule has 1 aromatic rings. The van der Waals surface area contributed by atoms with Gasteiger partial charge >= 0.3 is 0 Å². The van der Waals surface area contributed by atoms with Crippen molar-refractivity contribution in [3.8, 4) is 0 Å². The quantitative estimate of drug-likeness (QED) is 0.803. The van der Waals surface area contributed by atoms with Gasteiger partial charge in [0.25, 0.3) is 0 Å². The van der Waals surface area contributed by atoms with Gasteiger partial charge in [-0.05, 0) is 40.2 Å². The lowest BCUT2D eigenvalue weighted by Crippen LogP contribution is -2.40. The zero-order chi connectivity index (χ0) is 13.0. The molecule has 1 rings (SSSR count). The van der Waals surface area contributed by atoms with Crippen LogP contribution in [0.25, 0.3) is 0 Å². The highest BCUT2D eigenvalue weighted by Gasteiger charge is 2.11. The van der Waals surface area contributed by atoms with E-state index < -0.39 is 0 Å². The van der Waals surface area contributed by atoms with Gasteiger partial charge in [0, 0.05) is 23.2 Å². The number of hydrogen-bond acceptors (Lipinski definition) is 4. The lowest BCUT2D eigenvalue weighted by atomic mass is 10.2. The third-order valence-electron chi connectivity index (χ3n) is 2.29. The van der Waals surface area contributed by atoms with Gasteiger partial charge in [-0.15, -0.1) is 11.3 Å². The summed E-state index contributed by atoms with van der Waals surface area (Å²) in [5.74, 6) is 0.0488. The highest BCUT2D eigenvalue weighted by molar-refractivity contribution is 7.73. The van der Waals surface area contributed by atoms with Gasteiger partial charge in [-0.2, -0.15) is 0 Å². The van der Waals surface area contributed by atoms with Gasteiger partial charge in [0.2, 0.25) is 5.91 Å². The Labute approximate surface area is 111 Å². The average Bonchev–Trinajstić information content (AvgIpc) is 2.42. The molecule has 0 bridgehead atoms. The second-order valence-electron chi connectivity index (χ2n) is 4.47. The van der Waals surface area contributed by atoms with Crippen molar-refractivity contribution in [2.24, 2.45) is 0 Å². The summed E-state index contributed by atoms with van der Waals surface area (Å²) in [6.45, 7) is 4.79. The third kappa shape index (κ3) is 4.97. The number of aromatic nitrogens is 1. The lowest BCUT2D eigenvalue weighted by molar-refractivity contribution is -0.121. The van der Waals surface area contributed by atoms with Crippen LogP contribution in [0, 0.1) is 10.9 Å². The van der Waals surface area contributed by atoms with Crippen LogP contribution < -0.4 is 5.32 Å². The molecule has 1 unspecified atom stereocenters. The van der Waals surface area contributed by atoms with Crippen LogP contribution >= 0.6 is 23.6 Å². The fraction of sp³-hybridized carbons (Fsp3) is 0.636. The van der Waals surface area contributed by atoms with E-state index in [0.29, 0.717) is 6.42 Å². The molecule has 1 atom stereocenters. The molecule has 0 radical (unpaired) electrons. The molecule has 1 aromatic heterocycles. The highest BCUT2D eigenvalue weighted by atomic mass is 32.1. The van der Waals surface area contributed by atoms with Crippen molar-refractivity contribution < 1.29 is 4.79 Å². The Morgan fingerprint density at radius 2 is 2.24 bits per heavy atom. The number of H-pyrrole nitrogens is 1. The van der Waals surface area contributed by atoms with E-state index in [9.17, 15) is 4.79 Å². The molecule has 6 heteroatoms.